The van der Waals surface area contributed by atoms with E-state index < -0.39 is 0 Å². The average molecular weight is 265 g/mol. The Morgan fingerprint density at radius 3 is 2.61 bits per heavy atom. The van der Waals surface area contributed by atoms with Crippen molar-refractivity contribution in [3.05, 3.63) is 52.4 Å². The summed E-state index contributed by atoms with van der Waals surface area (Å²) in [6, 6.07) is 9.01. The Labute approximate surface area is 110 Å². The van der Waals surface area contributed by atoms with E-state index in [1.165, 1.54) is 0 Å². The van der Waals surface area contributed by atoms with Crippen molar-refractivity contribution in [2.45, 2.75) is 13.5 Å². The van der Waals surface area contributed by atoms with Gasteiger partial charge in [0.1, 0.15) is 5.76 Å². The van der Waals surface area contributed by atoms with Gasteiger partial charge >= 0.3 is 0 Å². The van der Waals surface area contributed by atoms with E-state index in [0.29, 0.717) is 23.0 Å². The lowest BCUT2D eigenvalue weighted by Gasteiger charge is -2.15. The fraction of sp³-hybridized carbons (Fsp3) is 0.231. The highest BCUT2D eigenvalue weighted by Gasteiger charge is 2.15. The lowest BCUT2D eigenvalue weighted by atomic mass is 10.2. The van der Waals surface area contributed by atoms with Gasteiger partial charge in [-0.05, 0) is 24.6 Å². The van der Waals surface area contributed by atoms with Crippen molar-refractivity contribution in [1.82, 2.24) is 10.1 Å². The third-order valence-electron chi connectivity index (χ3n) is 2.53. The number of nitrogens with zero attached hydrogens (tertiary/aromatic N) is 2. The second-order valence-corrected chi connectivity index (χ2v) is 4.55. The van der Waals surface area contributed by atoms with Gasteiger partial charge in [-0.3, -0.25) is 4.79 Å². The van der Waals surface area contributed by atoms with Crippen molar-refractivity contribution in [3.63, 3.8) is 0 Å². The van der Waals surface area contributed by atoms with Crippen molar-refractivity contribution < 1.29 is 9.32 Å². The number of aromatic nitrogens is 1. The molecule has 1 aromatic carbocycles. The van der Waals surface area contributed by atoms with Gasteiger partial charge in [0.2, 0.25) is 0 Å². The second kappa shape index (κ2) is 5.23. The Kier molecular flexibility index (Phi) is 3.67. The van der Waals surface area contributed by atoms with Gasteiger partial charge in [0, 0.05) is 24.7 Å². The Hall–Kier alpha value is -1.81. The van der Waals surface area contributed by atoms with Crippen LogP contribution in [0.3, 0.4) is 0 Å². The number of rotatable bonds is 3. The number of hydrogen-bond donors (Lipinski definition) is 0. The summed E-state index contributed by atoms with van der Waals surface area (Å²) in [4.78, 5) is 13.6. The van der Waals surface area contributed by atoms with Gasteiger partial charge in [-0.15, -0.1) is 0 Å². The van der Waals surface area contributed by atoms with Crippen LogP contribution in [-0.4, -0.2) is 23.0 Å². The Morgan fingerprint density at radius 2 is 2.06 bits per heavy atom. The molecule has 0 aliphatic rings. The first-order chi connectivity index (χ1) is 8.56. The molecule has 94 valence electrons. The topological polar surface area (TPSA) is 46.3 Å². The summed E-state index contributed by atoms with van der Waals surface area (Å²) in [5.74, 6) is 0.458. The van der Waals surface area contributed by atoms with Crippen molar-refractivity contribution in [1.29, 1.82) is 0 Å². The molecule has 0 bridgehead atoms. The minimum atomic E-state index is -0.165. The maximum Gasteiger partial charge on any atom is 0.276 e. The number of carbonyl (C=O) groups is 1. The van der Waals surface area contributed by atoms with Gasteiger partial charge in [-0.25, -0.2) is 0 Å². The van der Waals surface area contributed by atoms with Crippen LogP contribution in [0.5, 0.6) is 0 Å². The fourth-order valence-corrected chi connectivity index (χ4v) is 1.72. The Bertz CT molecular complexity index is 548. The number of amides is 1. The highest BCUT2D eigenvalue weighted by atomic mass is 35.5. The molecule has 0 saturated heterocycles. The molecule has 0 radical (unpaired) electrons. The van der Waals surface area contributed by atoms with E-state index in [1.807, 2.05) is 12.1 Å². The summed E-state index contributed by atoms with van der Waals surface area (Å²) >= 11 is 5.81. The standard InChI is InChI=1S/C13H13ClN2O2/c1-9-7-12(15-18-9)13(17)16(2)8-10-3-5-11(14)6-4-10/h3-7H,8H2,1-2H3. The Balaban J connectivity index is 2.05. The molecule has 0 saturated carbocycles. The van der Waals surface area contributed by atoms with Crippen LogP contribution in [-0.2, 0) is 6.54 Å². The van der Waals surface area contributed by atoms with E-state index in [1.54, 1.807) is 37.1 Å². The third-order valence-corrected chi connectivity index (χ3v) is 2.78. The summed E-state index contributed by atoms with van der Waals surface area (Å²) < 4.78 is 4.89. The van der Waals surface area contributed by atoms with Crippen LogP contribution in [0.25, 0.3) is 0 Å². The molecule has 2 rings (SSSR count). The number of benzene rings is 1. The van der Waals surface area contributed by atoms with Crippen LogP contribution in [0.1, 0.15) is 21.8 Å². The summed E-state index contributed by atoms with van der Waals surface area (Å²) in [6.07, 6.45) is 0. The van der Waals surface area contributed by atoms with Crippen LogP contribution in [0.15, 0.2) is 34.9 Å². The van der Waals surface area contributed by atoms with Crippen LogP contribution in [0, 0.1) is 6.92 Å². The Morgan fingerprint density at radius 1 is 1.39 bits per heavy atom. The molecular weight excluding hydrogens is 252 g/mol. The van der Waals surface area contributed by atoms with Crippen LogP contribution in [0.4, 0.5) is 0 Å². The molecule has 4 nitrogen and oxygen atoms in total. The molecule has 0 atom stereocenters. The molecule has 0 unspecified atom stereocenters. The van der Waals surface area contributed by atoms with Crippen LogP contribution < -0.4 is 0 Å². The van der Waals surface area contributed by atoms with Gasteiger partial charge < -0.3 is 9.42 Å². The predicted molar refractivity (Wildman–Crippen MR) is 68.5 cm³/mol. The van der Waals surface area contributed by atoms with E-state index in [0.717, 1.165) is 5.56 Å². The van der Waals surface area contributed by atoms with Gasteiger partial charge in [0.25, 0.3) is 5.91 Å². The SMILES string of the molecule is Cc1cc(C(=O)N(C)Cc2ccc(Cl)cc2)no1. The van der Waals surface area contributed by atoms with E-state index in [9.17, 15) is 4.79 Å². The second-order valence-electron chi connectivity index (χ2n) is 4.11. The highest BCUT2D eigenvalue weighted by Crippen LogP contribution is 2.12. The first-order valence-electron chi connectivity index (χ1n) is 5.49. The van der Waals surface area contributed by atoms with Gasteiger partial charge in [-0.1, -0.05) is 28.9 Å². The molecule has 1 amide bonds. The summed E-state index contributed by atoms with van der Waals surface area (Å²) in [7, 11) is 1.72. The molecule has 1 aromatic heterocycles. The van der Waals surface area contributed by atoms with E-state index in [-0.39, 0.29) is 5.91 Å². The van der Waals surface area contributed by atoms with E-state index in [4.69, 9.17) is 16.1 Å². The minimum Gasteiger partial charge on any atom is -0.361 e. The molecule has 0 spiro atoms. The van der Waals surface area contributed by atoms with Crippen molar-refractivity contribution in [2.75, 3.05) is 7.05 Å². The molecule has 0 fully saturated rings. The zero-order chi connectivity index (χ0) is 13.1. The van der Waals surface area contributed by atoms with Gasteiger partial charge in [0.15, 0.2) is 5.69 Å². The maximum atomic E-state index is 12.0. The normalized spacial score (nSPS) is 10.4. The smallest absolute Gasteiger partial charge is 0.276 e. The molecule has 18 heavy (non-hydrogen) atoms. The fourth-order valence-electron chi connectivity index (χ4n) is 1.60. The number of hydrogen-bond acceptors (Lipinski definition) is 3. The molecule has 1 heterocycles. The summed E-state index contributed by atoms with van der Waals surface area (Å²) in [5.41, 5.74) is 1.33. The number of halogens is 1. The van der Waals surface area contributed by atoms with Crippen molar-refractivity contribution >= 4 is 17.5 Å². The number of aryl methyl sites for hydroxylation is 1. The van der Waals surface area contributed by atoms with Gasteiger partial charge in [0.05, 0.1) is 0 Å². The molecule has 0 aliphatic carbocycles. The quantitative estimate of drug-likeness (QED) is 0.856. The zero-order valence-electron chi connectivity index (χ0n) is 10.2. The molecule has 2 aromatic rings. The molecule has 0 aliphatic heterocycles. The molecule has 5 heteroatoms. The largest absolute Gasteiger partial charge is 0.361 e. The molecule has 0 N–H and O–H groups in total. The maximum absolute atomic E-state index is 12.0. The third kappa shape index (κ3) is 2.90. The monoisotopic (exact) mass is 264 g/mol. The van der Waals surface area contributed by atoms with Crippen LogP contribution >= 0.6 is 11.6 Å². The highest BCUT2D eigenvalue weighted by molar-refractivity contribution is 6.30. The minimum absolute atomic E-state index is 0.165. The average Bonchev–Trinajstić information content (AvgIpc) is 2.78. The molecular formula is C13H13ClN2O2. The van der Waals surface area contributed by atoms with Gasteiger partial charge in [-0.2, -0.15) is 0 Å². The predicted octanol–water partition coefficient (Wildman–Crippen LogP) is 2.91. The first kappa shape index (κ1) is 12.6. The zero-order valence-corrected chi connectivity index (χ0v) is 10.9. The summed E-state index contributed by atoms with van der Waals surface area (Å²) in [6.45, 7) is 2.25. The first-order valence-corrected chi connectivity index (χ1v) is 5.87. The number of carbonyl (C=O) groups excluding carboxylic acids is 1. The van der Waals surface area contributed by atoms with Crippen LogP contribution in [0.2, 0.25) is 5.02 Å². The van der Waals surface area contributed by atoms with E-state index in [2.05, 4.69) is 5.16 Å². The lowest BCUT2D eigenvalue weighted by Crippen LogP contribution is -2.26. The lowest BCUT2D eigenvalue weighted by molar-refractivity contribution is 0.0774. The van der Waals surface area contributed by atoms with Crippen molar-refractivity contribution in [3.8, 4) is 0 Å². The van der Waals surface area contributed by atoms with Crippen molar-refractivity contribution in [2.24, 2.45) is 0 Å². The van der Waals surface area contributed by atoms with E-state index >= 15 is 0 Å². The summed E-state index contributed by atoms with van der Waals surface area (Å²) in [5, 5.41) is 4.39.